The molecule has 0 spiro atoms. The molecule has 1 aliphatic carbocycles. The largest absolute Gasteiger partial charge is 0.464 e. The molecule has 0 fully saturated rings. The van der Waals surface area contributed by atoms with Gasteiger partial charge in [-0.15, -0.1) is 0 Å². The Morgan fingerprint density at radius 3 is 1.85 bits per heavy atom. The number of hydrogen-bond donors (Lipinski definition) is 1. The highest BCUT2D eigenvalue weighted by atomic mass is 16.6. The lowest BCUT2D eigenvalue weighted by Crippen LogP contribution is -2.47. The van der Waals surface area contributed by atoms with Crippen molar-refractivity contribution in [3.05, 3.63) is 95.1 Å². The standard InChI is InChI=1S/C50H69NO8/c1-5-6-7-8-9-10-11-12-13-14-15-16-17-18-22-32-45(52)58-36-50(4,48(54)56-34-39-26-20-19-21-27-39)37-59-47(53)46(38(2)3)51-49(55)57-35-41-29-25-31-43-42-30-24-23-28-40(42)33-44(41)43/h19-21,23-31,38,46H,5-18,22,32-37H2,1-4H3,(H,51,55)/t46-,50?/m0/s1. The Morgan fingerprint density at radius 1 is 0.627 bits per heavy atom. The zero-order chi connectivity index (χ0) is 42.3. The number of hydrogen-bond acceptors (Lipinski definition) is 8. The van der Waals surface area contributed by atoms with Crippen molar-refractivity contribution in [3.63, 3.8) is 0 Å². The molecule has 0 heterocycles. The molecular formula is C50H69NO8. The zero-order valence-electron chi connectivity index (χ0n) is 36.2. The Kier molecular flexibility index (Phi) is 20.5. The topological polar surface area (TPSA) is 117 Å². The predicted molar refractivity (Wildman–Crippen MR) is 232 cm³/mol. The normalized spacial score (nSPS) is 13.2. The van der Waals surface area contributed by atoms with E-state index in [0.717, 1.165) is 47.9 Å². The molecule has 0 aliphatic heterocycles. The van der Waals surface area contributed by atoms with Gasteiger partial charge in [0.2, 0.25) is 0 Å². The molecule has 1 unspecified atom stereocenters. The minimum Gasteiger partial charge on any atom is -0.464 e. The van der Waals surface area contributed by atoms with Crippen molar-refractivity contribution in [2.75, 3.05) is 13.2 Å². The molecule has 1 aliphatic rings. The van der Waals surface area contributed by atoms with Crippen LogP contribution in [0.15, 0.2) is 72.8 Å². The van der Waals surface area contributed by atoms with Gasteiger partial charge in [0.05, 0.1) is 0 Å². The van der Waals surface area contributed by atoms with Crippen LogP contribution >= 0.6 is 0 Å². The maximum atomic E-state index is 13.5. The molecule has 9 heteroatoms. The van der Waals surface area contributed by atoms with Crippen LogP contribution in [0.2, 0.25) is 0 Å². The molecule has 2 atom stereocenters. The van der Waals surface area contributed by atoms with E-state index in [9.17, 15) is 19.2 Å². The molecule has 3 aromatic carbocycles. The highest BCUT2D eigenvalue weighted by Crippen LogP contribution is 2.38. The van der Waals surface area contributed by atoms with E-state index in [0.29, 0.717) is 6.42 Å². The first kappa shape index (κ1) is 47.0. The summed E-state index contributed by atoms with van der Waals surface area (Å²) >= 11 is 0. The Hall–Kier alpha value is -4.66. The SMILES string of the molecule is CCCCCCCCCCCCCCCCCC(=O)OCC(C)(COC(=O)[C@@H](NC(=O)OCc1cccc2c1Cc1ccccc1-2)C(C)C)C(=O)OCc1ccccc1. The number of rotatable bonds is 28. The second-order valence-electron chi connectivity index (χ2n) is 16.8. The van der Waals surface area contributed by atoms with Gasteiger partial charge in [-0.2, -0.15) is 0 Å². The van der Waals surface area contributed by atoms with E-state index in [1.54, 1.807) is 20.8 Å². The molecule has 1 N–H and O–H groups in total. The van der Waals surface area contributed by atoms with Crippen molar-refractivity contribution in [2.24, 2.45) is 11.3 Å². The predicted octanol–water partition coefficient (Wildman–Crippen LogP) is 11.6. The number of alkyl carbamates (subject to hydrolysis) is 1. The number of benzene rings is 3. The van der Waals surface area contributed by atoms with Gasteiger partial charge in [-0.1, -0.05) is 183 Å². The van der Waals surface area contributed by atoms with Crippen molar-refractivity contribution in [1.29, 1.82) is 0 Å². The molecule has 322 valence electrons. The van der Waals surface area contributed by atoms with Crippen LogP contribution in [0.4, 0.5) is 4.79 Å². The Bertz CT molecular complexity index is 1740. The van der Waals surface area contributed by atoms with Gasteiger partial charge in [0, 0.05) is 6.42 Å². The van der Waals surface area contributed by atoms with Crippen molar-refractivity contribution in [2.45, 2.75) is 156 Å². The van der Waals surface area contributed by atoms with E-state index < -0.39 is 42.1 Å². The molecule has 9 nitrogen and oxygen atoms in total. The summed E-state index contributed by atoms with van der Waals surface area (Å²) in [5.41, 5.74) is 4.87. The minimum atomic E-state index is -1.48. The number of carbonyl (C=O) groups is 4. The van der Waals surface area contributed by atoms with Crippen LogP contribution in [0, 0.1) is 11.3 Å². The number of unbranched alkanes of at least 4 members (excludes halogenated alkanes) is 14. The number of ether oxygens (including phenoxy) is 4. The molecule has 1 amide bonds. The summed E-state index contributed by atoms with van der Waals surface area (Å²) in [6, 6.07) is 22.4. The van der Waals surface area contributed by atoms with Crippen LogP contribution in [0.25, 0.3) is 11.1 Å². The molecule has 3 aromatic rings. The van der Waals surface area contributed by atoms with Crippen molar-refractivity contribution >= 4 is 24.0 Å². The maximum absolute atomic E-state index is 13.5. The molecule has 0 bridgehead atoms. The van der Waals surface area contributed by atoms with Gasteiger partial charge < -0.3 is 24.3 Å². The molecule has 0 radical (unpaired) electrons. The van der Waals surface area contributed by atoms with Crippen LogP contribution in [0.3, 0.4) is 0 Å². The summed E-state index contributed by atoms with van der Waals surface area (Å²) in [4.78, 5) is 52.9. The first-order valence-electron chi connectivity index (χ1n) is 22.3. The van der Waals surface area contributed by atoms with Gasteiger partial charge in [0.1, 0.15) is 37.9 Å². The molecule has 0 saturated heterocycles. The van der Waals surface area contributed by atoms with Gasteiger partial charge >= 0.3 is 24.0 Å². The fourth-order valence-corrected chi connectivity index (χ4v) is 7.50. The molecule has 0 aromatic heterocycles. The fourth-order valence-electron chi connectivity index (χ4n) is 7.50. The van der Waals surface area contributed by atoms with Crippen LogP contribution in [-0.2, 0) is 53.0 Å². The Labute approximate surface area is 353 Å². The average molecular weight is 812 g/mol. The lowest BCUT2D eigenvalue weighted by atomic mass is 9.93. The smallest absolute Gasteiger partial charge is 0.408 e. The second-order valence-corrected chi connectivity index (χ2v) is 16.8. The Morgan fingerprint density at radius 2 is 1.20 bits per heavy atom. The first-order chi connectivity index (χ1) is 28.6. The lowest BCUT2D eigenvalue weighted by molar-refractivity contribution is -0.172. The summed E-state index contributed by atoms with van der Waals surface area (Å²) in [5, 5.41) is 2.66. The molecule has 59 heavy (non-hydrogen) atoms. The van der Waals surface area contributed by atoms with E-state index in [1.807, 2.05) is 54.6 Å². The fraction of sp³-hybridized carbons (Fsp3) is 0.560. The quantitative estimate of drug-likeness (QED) is 0.0342. The third-order valence-electron chi connectivity index (χ3n) is 11.3. The van der Waals surface area contributed by atoms with Crippen molar-refractivity contribution in [3.8, 4) is 11.1 Å². The van der Waals surface area contributed by atoms with Gasteiger partial charge in [0.25, 0.3) is 0 Å². The Balaban J connectivity index is 1.21. The van der Waals surface area contributed by atoms with Gasteiger partial charge in [-0.05, 0) is 59.1 Å². The van der Waals surface area contributed by atoms with Gasteiger partial charge in [-0.25, -0.2) is 9.59 Å². The molecule has 4 rings (SSSR count). The highest BCUT2D eigenvalue weighted by Gasteiger charge is 2.40. The highest BCUT2D eigenvalue weighted by molar-refractivity contribution is 5.83. The monoisotopic (exact) mass is 812 g/mol. The van der Waals surface area contributed by atoms with Crippen LogP contribution < -0.4 is 5.32 Å². The first-order valence-corrected chi connectivity index (χ1v) is 22.3. The third-order valence-corrected chi connectivity index (χ3v) is 11.3. The number of carbonyl (C=O) groups excluding carboxylic acids is 4. The number of fused-ring (bicyclic) bond motifs is 3. The van der Waals surface area contributed by atoms with Gasteiger partial charge in [-0.3, -0.25) is 9.59 Å². The summed E-state index contributed by atoms with van der Waals surface area (Å²) in [6.45, 7) is 6.68. The summed E-state index contributed by atoms with van der Waals surface area (Å²) in [6.07, 6.45) is 18.8. The van der Waals surface area contributed by atoms with E-state index in [2.05, 4.69) is 30.4 Å². The summed E-state index contributed by atoms with van der Waals surface area (Å²) in [7, 11) is 0. The molecular weight excluding hydrogens is 743 g/mol. The number of esters is 3. The van der Waals surface area contributed by atoms with E-state index in [4.69, 9.17) is 18.9 Å². The number of amides is 1. The van der Waals surface area contributed by atoms with Gasteiger partial charge in [0.15, 0.2) is 0 Å². The second kappa shape index (κ2) is 25.7. The summed E-state index contributed by atoms with van der Waals surface area (Å²) < 4.78 is 22.5. The van der Waals surface area contributed by atoms with Crippen LogP contribution in [0.5, 0.6) is 0 Å². The van der Waals surface area contributed by atoms with Crippen molar-refractivity contribution in [1.82, 2.24) is 5.32 Å². The average Bonchev–Trinajstić information content (AvgIpc) is 3.63. The van der Waals surface area contributed by atoms with E-state index >= 15 is 0 Å². The number of nitrogens with one attached hydrogen (secondary N) is 1. The minimum absolute atomic E-state index is 0.00894. The maximum Gasteiger partial charge on any atom is 0.408 e. The third kappa shape index (κ3) is 16.1. The lowest BCUT2D eigenvalue weighted by Gasteiger charge is -2.28. The van der Waals surface area contributed by atoms with Crippen LogP contribution in [0.1, 0.15) is 153 Å². The zero-order valence-corrected chi connectivity index (χ0v) is 36.2. The van der Waals surface area contributed by atoms with E-state index in [1.165, 1.54) is 81.8 Å². The van der Waals surface area contributed by atoms with Crippen molar-refractivity contribution < 1.29 is 38.1 Å². The van der Waals surface area contributed by atoms with E-state index in [-0.39, 0.29) is 32.2 Å². The van der Waals surface area contributed by atoms with Crippen LogP contribution in [-0.4, -0.2) is 43.3 Å². The molecule has 0 saturated carbocycles. The summed E-state index contributed by atoms with van der Waals surface area (Å²) in [5.74, 6) is -2.17.